The number of rotatable bonds is 3. The Morgan fingerprint density at radius 2 is 1.72 bits per heavy atom. The zero-order valence-electron chi connectivity index (χ0n) is 16.0. The van der Waals surface area contributed by atoms with Gasteiger partial charge in [0.2, 0.25) is 6.10 Å². The highest BCUT2D eigenvalue weighted by atomic mass is 35.5. The third kappa shape index (κ3) is 4.16. The van der Waals surface area contributed by atoms with Crippen molar-refractivity contribution < 1.29 is 19.1 Å². The van der Waals surface area contributed by atoms with Crippen LogP contribution in [0.25, 0.3) is 0 Å². The Morgan fingerprint density at radius 3 is 2.45 bits per heavy atom. The van der Waals surface area contributed by atoms with Crippen LogP contribution in [-0.2, 0) is 4.79 Å². The Hall–Kier alpha value is -2.38. The number of thioether (sulfide) groups is 1. The molecule has 1 fully saturated rings. The molecule has 2 aliphatic rings. The van der Waals surface area contributed by atoms with Gasteiger partial charge in [-0.1, -0.05) is 23.7 Å². The summed E-state index contributed by atoms with van der Waals surface area (Å²) in [6, 6.07) is 12.8. The fourth-order valence-corrected chi connectivity index (χ4v) is 4.08. The SMILES string of the molecule is CSc1ccc(Cl)c(C(=O)N2CCN(C(=O)[C@H]3COc4ccccc4O3)CC2)c1. The van der Waals surface area contributed by atoms with Gasteiger partial charge in [0.05, 0.1) is 10.6 Å². The normalized spacial score (nSPS) is 18.5. The van der Waals surface area contributed by atoms with Gasteiger partial charge in [-0.3, -0.25) is 9.59 Å². The molecule has 4 rings (SSSR count). The average Bonchev–Trinajstić information content (AvgIpc) is 2.78. The van der Waals surface area contributed by atoms with Crippen molar-refractivity contribution >= 4 is 35.2 Å². The summed E-state index contributed by atoms with van der Waals surface area (Å²) in [5, 5.41) is 0.442. The lowest BCUT2D eigenvalue weighted by molar-refractivity contribution is -0.142. The highest BCUT2D eigenvalue weighted by Crippen LogP contribution is 2.31. The minimum atomic E-state index is -0.667. The van der Waals surface area contributed by atoms with Gasteiger partial charge in [-0.05, 0) is 36.6 Å². The Balaban J connectivity index is 1.37. The summed E-state index contributed by atoms with van der Waals surface area (Å²) in [4.78, 5) is 30.2. The van der Waals surface area contributed by atoms with Crippen LogP contribution in [0.1, 0.15) is 10.4 Å². The van der Waals surface area contributed by atoms with Gasteiger partial charge < -0.3 is 19.3 Å². The third-order valence-corrected chi connectivity index (χ3v) is 6.12. The van der Waals surface area contributed by atoms with E-state index in [9.17, 15) is 9.59 Å². The lowest BCUT2D eigenvalue weighted by atomic mass is 10.1. The van der Waals surface area contributed by atoms with Gasteiger partial charge in [-0.15, -0.1) is 11.8 Å². The summed E-state index contributed by atoms with van der Waals surface area (Å²) in [6.07, 6.45) is 1.29. The molecule has 0 spiro atoms. The quantitative estimate of drug-likeness (QED) is 0.697. The van der Waals surface area contributed by atoms with E-state index in [-0.39, 0.29) is 18.4 Å². The molecule has 1 saturated heterocycles. The topological polar surface area (TPSA) is 59.1 Å². The maximum absolute atomic E-state index is 12.9. The van der Waals surface area contributed by atoms with Crippen LogP contribution in [0.5, 0.6) is 11.5 Å². The van der Waals surface area contributed by atoms with Gasteiger partial charge >= 0.3 is 0 Å². The first kappa shape index (κ1) is 19.9. The molecule has 2 heterocycles. The van der Waals surface area contributed by atoms with E-state index in [1.165, 1.54) is 0 Å². The van der Waals surface area contributed by atoms with Crippen molar-refractivity contribution in [3.05, 3.63) is 53.1 Å². The second-order valence-electron chi connectivity index (χ2n) is 6.83. The average molecular weight is 433 g/mol. The zero-order chi connectivity index (χ0) is 20.4. The molecule has 1 atom stereocenters. The first-order chi connectivity index (χ1) is 14.1. The third-order valence-electron chi connectivity index (χ3n) is 5.07. The van der Waals surface area contributed by atoms with Crippen LogP contribution in [0, 0.1) is 0 Å². The summed E-state index contributed by atoms with van der Waals surface area (Å²) in [5.41, 5.74) is 0.499. The van der Waals surface area contributed by atoms with Crippen molar-refractivity contribution in [3.8, 4) is 11.5 Å². The van der Waals surface area contributed by atoms with Crippen molar-refractivity contribution in [1.82, 2.24) is 9.80 Å². The van der Waals surface area contributed by atoms with Crippen molar-refractivity contribution in [2.24, 2.45) is 0 Å². The summed E-state index contributed by atoms with van der Waals surface area (Å²) in [6.45, 7) is 1.99. The molecule has 29 heavy (non-hydrogen) atoms. The molecule has 0 aromatic heterocycles. The number of hydrogen-bond donors (Lipinski definition) is 0. The van der Waals surface area contributed by atoms with E-state index in [2.05, 4.69) is 0 Å². The Labute approximate surface area is 178 Å². The van der Waals surface area contributed by atoms with Gasteiger partial charge in [0.25, 0.3) is 11.8 Å². The van der Waals surface area contributed by atoms with E-state index in [1.807, 2.05) is 36.6 Å². The minimum absolute atomic E-state index is 0.107. The number of halogens is 1. The number of fused-ring (bicyclic) bond motifs is 1. The lowest BCUT2D eigenvalue weighted by Gasteiger charge is -2.37. The number of hydrogen-bond acceptors (Lipinski definition) is 5. The first-order valence-corrected chi connectivity index (χ1v) is 11.0. The maximum Gasteiger partial charge on any atom is 0.267 e. The summed E-state index contributed by atoms with van der Waals surface area (Å²) >= 11 is 7.80. The van der Waals surface area contributed by atoms with E-state index in [4.69, 9.17) is 21.1 Å². The summed E-state index contributed by atoms with van der Waals surface area (Å²) < 4.78 is 11.5. The summed E-state index contributed by atoms with van der Waals surface area (Å²) in [5.74, 6) is 1.00. The number of carbonyl (C=O) groups is 2. The maximum atomic E-state index is 12.9. The molecule has 2 aliphatic heterocycles. The predicted octanol–water partition coefficient (Wildman–Crippen LogP) is 3.19. The molecule has 0 unspecified atom stereocenters. The molecular weight excluding hydrogens is 412 g/mol. The van der Waals surface area contributed by atoms with Gasteiger partial charge in [-0.25, -0.2) is 0 Å². The van der Waals surface area contributed by atoms with Crippen molar-refractivity contribution in [3.63, 3.8) is 0 Å². The van der Waals surface area contributed by atoms with Crippen LogP contribution >= 0.6 is 23.4 Å². The standard InChI is InChI=1S/C21H21ClN2O4S/c1-29-14-6-7-16(22)15(12-14)20(25)23-8-10-24(11-9-23)21(26)19-13-27-17-4-2-3-5-18(17)28-19/h2-7,12,19H,8-11,13H2,1H3/t19-/m1/s1. The van der Waals surface area contributed by atoms with E-state index < -0.39 is 6.10 Å². The molecule has 0 radical (unpaired) electrons. The van der Waals surface area contributed by atoms with E-state index in [0.717, 1.165) is 4.90 Å². The highest BCUT2D eigenvalue weighted by molar-refractivity contribution is 7.98. The zero-order valence-corrected chi connectivity index (χ0v) is 17.5. The van der Waals surface area contributed by atoms with Crippen molar-refractivity contribution in [2.45, 2.75) is 11.0 Å². The van der Waals surface area contributed by atoms with E-state index in [0.29, 0.717) is 48.3 Å². The molecule has 0 bridgehead atoms. The van der Waals surface area contributed by atoms with E-state index in [1.54, 1.807) is 33.7 Å². The molecule has 2 aromatic carbocycles. The number of carbonyl (C=O) groups excluding carboxylic acids is 2. The van der Waals surface area contributed by atoms with Crippen molar-refractivity contribution in [1.29, 1.82) is 0 Å². The van der Waals surface area contributed by atoms with E-state index >= 15 is 0 Å². The number of amides is 2. The second-order valence-corrected chi connectivity index (χ2v) is 8.11. The first-order valence-electron chi connectivity index (χ1n) is 9.37. The Morgan fingerprint density at radius 1 is 1.03 bits per heavy atom. The van der Waals surface area contributed by atoms with Crippen LogP contribution in [-0.4, -0.2) is 66.8 Å². The molecular formula is C21H21ClN2O4S. The molecule has 2 amide bonds. The Kier molecular flexibility index (Phi) is 5.87. The van der Waals surface area contributed by atoms with Gasteiger partial charge in [0.1, 0.15) is 6.61 Å². The molecule has 6 nitrogen and oxygen atoms in total. The Bertz CT molecular complexity index is 931. The van der Waals surface area contributed by atoms with Crippen LogP contribution < -0.4 is 9.47 Å². The predicted molar refractivity (Wildman–Crippen MR) is 112 cm³/mol. The van der Waals surface area contributed by atoms with Crippen LogP contribution in [0.4, 0.5) is 0 Å². The lowest BCUT2D eigenvalue weighted by Crippen LogP contribution is -2.55. The van der Waals surface area contributed by atoms with Gasteiger partial charge in [-0.2, -0.15) is 0 Å². The largest absolute Gasteiger partial charge is 0.485 e. The minimum Gasteiger partial charge on any atom is -0.485 e. The number of para-hydroxylation sites is 2. The fourth-order valence-electron chi connectivity index (χ4n) is 3.44. The molecule has 0 saturated carbocycles. The number of piperazine rings is 1. The molecule has 0 aliphatic carbocycles. The monoisotopic (exact) mass is 432 g/mol. The highest BCUT2D eigenvalue weighted by Gasteiger charge is 2.33. The molecule has 0 N–H and O–H groups in total. The van der Waals surface area contributed by atoms with Crippen LogP contribution in [0.2, 0.25) is 5.02 Å². The number of benzene rings is 2. The summed E-state index contributed by atoms with van der Waals surface area (Å²) in [7, 11) is 0. The molecule has 2 aromatic rings. The second kappa shape index (κ2) is 8.55. The van der Waals surface area contributed by atoms with Crippen molar-refractivity contribution in [2.75, 3.05) is 39.0 Å². The fraction of sp³-hybridized carbons (Fsp3) is 0.333. The number of nitrogens with zero attached hydrogens (tertiary/aromatic N) is 2. The molecule has 8 heteroatoms. The van der Waals surface area contributed by atoms with Crippen LogP contribution in [0.15, 0.2) is 47.4 Å². The molecule has 152 valence electrons. The van der Waals surface area contributed by atoms with Gasteiger partial charge in [0, 0.05) is 31.1 Å². The van der Waals surface area contributed by atoms with Crippen LogP contribution in [0.3, 0.4) is 0 Å². The number of ether oxygens (including phenoxy) is 2. The smallest absolute Gasteiger partial charge is 0.267 e. The van der Waals surface area contributed by atoms with Gasteiger partial charge in [0.15, 0.2) is 11.5 Å².